The summed E-state index contributed by atoms with van der Waals surface area (Å²) in [7, 11) is 3.18. The number of nitrogens with one attached hydrogen (secondary N) is 2. The Kier molecular flexibility index (Phi) is 2.36. The number of ether oxygens (including phenoxy) is 2. The summed E-state index contributed by atoms with van der Waals surface area (Å²) in [5.41, 5.74) is 1.42. The second kappa shape index (κ2) is 3.80. The summed E-state index contributed by atoms with van der Waals surface area (Å²) in [6.45, 7) is 0.682. The van der Waals surface area contributed by atoms with Crippen LogP contribution in [0.2, 0.25) is 0 Å². The average molecular weight is 248 g/mol. The molecule has 0 saturated heterocycles. The quantitative estimate of drug-likeness (QED) is 0.838. The number of rotatable bonds is 2. The van der Waals surface area contributed by atoms with Gasteiger partial charge in [-0.25, -0.2) is 0 Å². The largest absolute Gasteiger partial charge is 0.493 e. The Hall–Kier alpha value is -1.91. The van der Waals surface area contributed by atoms with Crippen LogP contribution >= 0.6 is 0 Å². The number of carbonyl (C=O) groups excluding carboxylic acids is 1. The maximum absolute atomic E-state index is 12.1. The fourth-order valence-corrected chi connectivity index (χ4v) is 2.28. The van der Waals surface area contributed by atoms with Crippen molar-refractivity contribution in [1.29, 1.82) is 0 Å². The first-order valence-corrected chi connectivity index (χ1v) is 6.00. The van der Waals surface area contributed by atoms with Crippen molar-refractivity contribution in [2.45, 2.75) is 12.8 Å². The van der Waals surface area contributed by atoms with Crippen LogP contribution < -0.4 is 20.1 Å². The van der Waals surface area contributed by atoms with Crippen molar-refractivity contribution in [3.63, 3.8) is 0 Å². The van der Waals surface area contributed by atoms with E-state index in [9.17, 15) is 4.79 Å². The highest BCUT2D eigenvalue weighted by molar-refractivity contribution is 6.02. The second-order valence-corrected chi connectivity index (χ2v) is 4.84. The molecule has 0 aromatic heterocycles. The molecule has 1 fully saturated rings. The molecule has 0 bridgehead atoms. The van der Waals surface area contributed by atoms with Crippen molar-refractivity contribution in [1.82, 2.24) is 0 Å². The molecular formula is C13H16N2O3. The SMILES string of the molecule is COc1cc2c(cc1OC)NC(=O)C1(CC1)CN2. The van der Waals surface area contributed by atoms with E-state index in [2.05, 4.69) is 10.6 Å². The Labute approximate surface area is 105 Å². The van der Waals surface area contributed by atoms with E-state index in [1.54, 1.807) is 20.3 Å². The molecule has 0 atom stereocenters. The molecule has 1 heterocycles. The monoisotopic (exact) mass is 248 g/mol. The van der Waals surface area contributed by atoms with Gasteiger partial charge in [0.05, 0.1) is 31.0 Å². The molecule has 0 radical (unpaired) electrons. The molecule has 1 aliphatic carbocycles. The van der Waals surface area contributed by atoms with Crippen molar-refractivity contribution in [2.75, 3.05) is 31.4 Å². The molecule has 18 heavy (non-hydrogen) atoms. The van der Waals surface area contributed by atoms with E-state index >= 15 is 0 Å². The van der Waals surface area contributed by atoms with Crippen LogP contribution in [0.1, 0.15) is 12.8 Å². The fraction of sp³-hybridized carbons (Fsp3) is 0.462. The summed E-state index contributed by atoms with van der Waals surface area (Å²) in [5.74, 6) is 1.37. The van der Waals surface area contributed by atoms with Crippen LogP contribution in [0.25, 0.3) is 0 Å². The highest BCUT2D eigenvalue weighted by atomic mass is 16.5. The molecule has 2 N–H and O–H groups in total. The summed E-state index contributed by atoms with van der Waals surface area (Å²) in [5, 5.41) is 6.28. The van der Waals surface area contributed by atoms with Gasteiger partial charge in [0.1, 0.15) is 0 Å². The molecule has 5 nitrogen and oxygen atoms in total. The highest BCUT2D eigenvalue weighted by Gasteiger charge is 2.50. The number of hydrogen-bond donors (Lipinski definition) is 2. The zero-order chi connectivity index (χ0) is 12.8. The zero-order valence-corrected chi connectivity index (χ0v) is 10.5. The molecular weight excluding hydrogens is 232 g/mol. The van der Waals surface area contributed by atoms with Crippen LogP contribution in [0.5, 0.6) is 11.5 Å². The Bertz CT molecular complexity index is 509. The number of carbonyl (C=O) groups is 1. The van der Waals surface area contributed by atoms with Crippen molar-refractivity contribution in [2.24, 2.45) is 5.41 Å². The van der Waals surface area contributed by atoms with E-state index in [4.69, 9.17) is 9.47 Å². The predicted molar refractivity (Wildman–Crippen MR) is 68.3 cm³/mol. The lowest BCUT2D eigenvalue weighted by Crippen LogP contribution is -2.27. The number of hydrogen-bond acceptors (Lipinski definition) is 4. The third-order valence-corrected chi connectivity index (χ3v) is 3.72. The molecule has 1 aliphatic heterocycles. The Morgan fingerprint density at radius 1 is 1.11 bits per heavy atom. The maximum Gasteiger partial charge on any atom is 0.232 e. The van der Waals surface area contributed by atoms with E-state index in [-0.39, 0.29) is 11.3 Å². The predicted octanol–water partition coefficient (Wildman–Crippen LogP) is 1.85. The van der Waals surface area contributed by atoms with Gasteiger partial charge < -0.3 is 20.1 Å². The van der Waals surface area contributed by atoms with Gasteiger partial charge in [-0.1, -0.05) is 0 Å². The lowest BCUT2D eigenvalue weighted by molar-refractivity contribution is -0.120. The van der Waals surface area contributed by atoms with Gasteiger partial charge in [-0.2, -0.15) is 0 Å². The number of fused-ring (bicyclic) bond motifs is 1. The minimum absolute atomic E-state index is 0.0981. The van der Waals surface area contributed by atoms with Gasteiger partial charge in [-0.05, 0) is 12.8 Å². The number of methoxy groups -OCH3 is 2. The van der Waals surface area contributed by atoms with Gasteiger partial charge in [0.25, 0.3) is 0 Å². The average Bonchev–Trinajstić information content (AvgIpc) is 3.18. The minimum atomic E-state index is -0.209. The van der Waals surface area contributed by atoms with E-state index in [1.165, 1.54) is 0 Å². The lowest BCUT2D eigenvalue weighted by atomic mass is 10.1. The fourth-order valence-electron chi connectivity index (χ4n) is 2.28. The molecule has 3 rings (SSSR count). The molecule has 0 unspecified atom stereocenters. The van der Waals surface area contributed by atoms with Gasteiger partial charge in [0.15, 0.2) is 11.5 Å². The molecule has 1 aromatic rings. The summed E-state index contributed by atoms with van der Waals surface area (Å²) in [4.78, 5) is 12.1. The van der Waals surface area contributed by atoms with Gasteiger partial charge in [0, 0.05) is 18.7 Å². The standard InChI is InChI=1S/C13H16N2O3/c1-17-10-5-8-9(6-11(10)18-2)15-12(16)13(3-4-13)7-14-8/h5-6,14H,3-4,7H2,1-2H3,(H,15,16). The van der Waals surface area contributed by atoms with Crippen molar-refractivity contribution in [3.8, 4) is 11.5 Å². The van der Waals surface area contributed by atoms with Crippen LogP contribution in [-0.2, 0) is 4.79 Å². The van der Waals surface area contributed by atoms with Crippen LogP contribution in [-0.4, -0.2) is 26.7 Å². The van der Waals surface area contributed by atoms with Crippen LogP contribution in [0.15, 0.2) is 12.1 Å². The molecule has 1 spiro atoms. The van der Waals surface area contributed by atoms with Gasteiger partial charge >= 0.3 is 0 Å². The Morgan fingerprint density at radius 2 is 1.72 bits per heavy atom. The van der Waals surface area contributed by atoms with Crippen molar-refractivity contribution >= 4 is 17.3 Å². The Morgan fingerprint density at radius 3 is 2.28 bits per heavy atom. The zero-order valence-electron chi connectivity index (χ0n) is 10.5. The Balaban J connectivity index is 2.01. The van der Waals surface area contributed by atoms with Gasteiger partial charge in [-0.3, -0.25) is 4.79 Å². The van der Waals surface area contributed by atoms with Crippen LogP contribution in [0.4, 0.5) is 11.4 Å². The topological polar surface area (TPSA) is 59.6 Å². The first-order valence-electron chi connectivity index (χ1n) is 6.00. The lowest BCUT2D eigenvalue weighted by Gasteiger charge is -2.13. The molecule has 2 aliphatic rings. The van der Waals surface area contributed by atoms with E-state index < -0.39 is 0 Å². The third kappa shape index (κ3) is 1.58. The highest BCUT2D eigenvalue weighted by Crippen LogP contribution is 2.49. The second-order valence-electron chi connectivity index (χ2n) is 4.84. The van der Waals surface area contributed by atoms with Gasteiger partial charge in [0.2, 0.25) is 5.91 Å². The van der Waals surface area contributed by atoms with Gasteiger partial charge in [-0.15, -0.1) is 0 Å². The summed E-state index contributed by atoms with van der Waals surface area (Å²) in [6.07, 6.45) is 1.90. The van der Waals surface area contributed by atoms with E-state index in [0.29, 0.717) is 18.0 Å². The molecule has 96 valence electrons. The first kappa shape index (κ1) is 11.2. The first-order chi connectivity index (χ1) is 8.68. The van der Waals surface area contributed by atoms with E-state index in [0.717, 1.165) is 24.2 Å². The van der Waals surface area contributed by atoms with Crippen molar-refractivity contribution < 1.29 is 14.3 Å². The van der Waals surface area contributed by atoms with Crippen LogP contribution in [0, 0.1) is 5.41 Å². The normalized spacial score (nSPS) is 19.3. The number of benzene rings is 1. The molecule has 1 aromatic carbocycles. The third-order valence-electron chi connectivity index (χ3n) is 3.72. The summed E-state index contributed by atoms with van der Waals surface area (Å²) >= 11 is 0. The summed E-state index contributed by atoms with van der Waals surface area (Å²) in [6, 6.07) is 3.65. The number of amides is 1. The minimum Gasteiger partial charge on any atom is -0.493 e. The molecule has 5 heteroatoms. The maximum atomic E-state index is 12.1. The molecule has 1 saturated carbocycles. The van der Waals surface area contributed by atoms with Crippen molar-refractivity contribution in [3.05, 3.63) is 12.1 Å². The smallest absolute Gasteiger partial charge is 0.232 e. The van der Waals surface area contributed by atoms with E-state index in [1.807, 2.05) is 6.07 Å². The number of anilines is 2. The molecule has 1 amide bonds. The summed E-state index contributed by atoms with van der Waals surface area (Å²) < 4.78 is 10.5. The van der Waals surface area contributed by atoms with Crippen LogP contribution in [0.3, 0.4) is 0 Å².